The molecule has 0 aromatic heterocycles. The molecule has 0 unspecified atom stereocenters. The van der Waals surface area contributed by atoms with Crippen LogP contribution >= 0.6 is 0 Å². The van der Waals surface area contributed by atoms with Crippen LogP contribution in [0.5, 0.6) is 0 Å². The summed E-state index contributed by atoms with van der Waals surface area (Å²) in [6, 6.07) is 0.659. The smallest absolute Gasteiger partial charge is 0.0591 e. The van der Waals surface area contributed by atoms with Gasteiger partial charge in [-0.05, 0) is 36.0 Å². The quantitative estimate of drug-likeness (QED) is 0.728. The summed E-state index contributed by atoms with van der Waals surface area (Å²) >= 11 is 0. The lowest BCUT2D eigenvalue weighted by molar-refractivity contribution is 0.0729. The van der Waals surface area contributed by atoms with Crippen LogP contribution in [-0.4, -0.2) is 25.8 Å². The lowest BCUT2D eigenvalue weighted by Crippen LogP contribution is -2.44. The van der Waals surface area contributed by atoms with E-state index in [2.05, 4.69) is 46.9 Å². The highest BCUT2D eigenvalue weighted by Crippen LogP contribution is 2.45. The largest absolute Gasteiger partial charge is 0.380 e. The highest BCUT2D eigenvalue weighted by Gasteiger charge is 2.37. The van der Waals surface area contributed by atoms with Gasteiger partial charge in [-0.2, -0.15) is 0 Å². The Balaban J connectivity index is 2.25. The Morgan fingerprint density at radius 3 is 2.17 bits per heavy atom. The summed E-state index contributed by atoms with van der Waals surface area (Å²) < 4.78 is 5.63. The molecule has 1 fully saturated rings. The third kappa shape index (κ3) is 6.19. The molecule has 0 aromatic rings. The summed E-state index contributed by atoms with van der Waals surface area (Å²) in [5.41, 5.74) is 0.941. The Bertz CT molecular complexity index is 229. The first-order chi connectivity index (χ1) is 8.20. The van der Waals surface area contributed by atoms with Crippen LogP contribution in [0.3, 0.4) is 0 Å². The summed E-state index contributed by atoms with van der Waals surface area (Å²) in [7, 11) is 0. The van der Waals surface area contributed by atoms with Crippen molar-refractivity contribution in [2.75, 3.05) is 19.8 Å². The van der Waals surface area contributed by atoms with E-state index in [1.165, 1.54) is 19.3 Å². The Labute approximate surface area is 114 Å². The molecule has 1 saturated carbocycles. The molecule has 2 heteroatoms. The van der Waals surface area contributed by atoms with Crippen LogP contribution in [-0.2, 0) is 4.74 Å². The molecule has 0 bridgehead atoms. The van der Waals surface area contributed by atoms with E-state index in [1.54, 1.807) is 0 Å². The van der Waals surface area contributed by atoms with Gasteiger partial charge in [0.1, 0.15) is 0 Å². The van der Waals surface area contributed by atoms with Crippen LogP contribution < -0.4 is 5.32 Å². The molecular weight excluding hydrogens is 222 g/mol. The van der Waals surface area contributed by atoms with Gasteiger partial charge < -0.3 is 10.1 Å². The Hall–Kier alpha value is -0.0800. The van der Waals surface area contributed by atoms with Crippen molar-refractivity contribution in [3.8, 4) is 0 Å². The second kappa shape index (κ2) is 6.38. The average Bonchev–Trinajstić information content (AvgIpc) is 2.11. The van der Waals surface area contributed by atoms with Gasteiger partial charge in [-0.15, -0.1) is 0 Å². The first kappa shape index (κ1) is 16.0. The van der Waals surface area contributed by atoms with E-state index in [-0.39, 0.29) is 0 Å². The molecule has 0 aliphatic heterocycles. The minimum atomic E-state index is 0.470. The summed E-state index contributed by atoms with van der Waals surface area (Å²) in [5, 5.41) is 3.68. The summed E-state index contributed by atoms with van der Waals surface area (Å²) in [4.78, 5) is 0. The SMILES string of the molecule is CC(C)COCCNC1CC(C)(C)CC(C)(C)C1. The fourth-order valence-corrected chi connectivity index (χ4v) is 3.64. The lowest BCUT2D eigenvalue weighted by atomic mass is 9.63. The normalized spacial score (nSPS) is 23.5. The van der Waals surface area contributed by atoms with Crippen LogP contribution in [0.4, 0.5) is 0 Å². The number of hydrogen-bond donors (Lipinski definition) is 1. The van der Waals surface area contributed by atoms with Gasteiger partial charge >= 0.3 is 0 Å². The van der Waals surface area contributed by atoms with Gasteiger partial charge in [0, 0.05) is 19.2 Å². The first-order valence-corrected chi connectivity index (χ1v) is 7.51. The van der Waals surface area contributed by atoms with Gasteiger partial charge in [-0.25, -0.2) is 0 Å². The van der Waals surface area contributed by atoms with E-state index in [0.29, 0.717) is 22.8 Å². The van der Waals surface area contributed by atoms with Gasteiger partial charge in [-0.1, -0.05) is 41.5 Å². The first-order valence-electron chi connectivity index (χ1n) is 7.51. The van der Waals surface area contributed by atoms with Gasteiger partial charge in [-0.3, -0.25) is 0 Å². The molecule has 1 rings (SSSR count). The standard InChI is InChI=1S/C16H33NO/c1-13(2)11-18-8-7-17-14-9-15(3,4)12-16(5,6)10-14/h13-14,17H,7-12H2,1-6H3. The van der Waals surface area contributed by atoms with Crippen LogP contribution in [0.25, 0.3) is 0 Å². The van der Waals surface area contributed by atoms with E-state index in [9.17, 15) is 0 Å². The monoisotopic (exact) mass is 255 g/mol. The predicted octanol–water partition coefficient (Wildman–Crippen LogP) is 3.85. The van der Waals surface area contributed by atoms with E-state index in [1.807, 2.05) is 0 Å². The third-order valence-electron chi connectivity index (χ3n) is 3.69. The zero-order valence-electron chi connectivity index (χ0n) is 13.3. The topological polar surface area (TPSA) is 21.3 Å². The van der Waals surface area contributed by atoms with Crippen LogP contribution in [0.15, 0.2) is 0 Å². The maximum Gasteiger partial charge on any atom is 0.0591 e. The van der Waals surface area contributed by atoms with Crippen LogP contribution in [0.1, 0.15) is 60.8 Å². The summed E-state index contributed by atoms with van der Waals surface area (Å²) in [6.07, 6.45) is 3.92. The molecular formula is C16H33NO. The lowest BCUT2D eigenvalue weighted by Gasteiger charge is -2.45. The fourth-order valence-electron chi connectivity index (χ4n) is 3.64. The second-order valence-electron chi connectivity index (χ2n) is 8.03. The van der Waals surface area contributed by atoms with Crippen LogP contribution in [0.2, 0.25) is 0 Å². The molecule has 0 aromatic carbocycles. The van der Waals surface area contributed by atoms with Crippen molar-refractivity contribution in [1.29, 1.82) is 0 Å². The highest BCUT2D eigenvalue weighted by atomic mass is 16.5. The molecule has 1 aliphatic carbocycles. The molecule has 18 heavy (non-hydrogen) atoms. The van der Waals surface area contributed by atoms with E-state index in [0.717, 1.165) is 19.8 Å². The van der Waals surface area contributed by atoms with Crippen molar-refractivity contribution in [1.82, 2.24) is 5.32 Å². The number of rotatable bonds is 6. The van der Waals surface area contributed by atoms with Crippen molar-refractivity contribution >= 4 is 0 Å². The van der Waals surface area contributed by atoms with E-state index < -0.39 is 0 Å². The predicted molar refractivity (Wildman–Crippen MR) is 78.9 cm³/mol. The molecule has 0 saturated heterocycles. The maximum absolute atomic E-state index is 5.63. The van der Waals surface area contributed by atoms with Crippen molar-refractivity contribution in [2.24, 2.45) is 16.7 Å². The maximum atomic E-state index is 5.63. The third-order valence-corrected chi connectivity index (χ3v) is 3.69. The molecule has 1 N–H and O–H groups in total. The fraction of sp³-hybridized carbons (Fsp3) is 1.00. The minimum Gasteiger partial charge on any atom is -0.380 e. The molecule has 0 atom stereocenters. The van der Waals surface area contributed by atoms with Gasteiger partial charge in [0.2, 0.25) is 0 Å². The molecule has 108 valence electrons. The van der Waals surface area contributed by atoms with Gasteiger partial charge in [0.15, 0.2) is 0 Å². The molecule has 0 spiro atoms. The second-order valence-corrected chi connectivity index (χ2v) is 8.03. The Morgan fingerprint density at radius 2 is 1.67 bits per heavy atom. The molecule has 2 nitrogen and oxygen atoms in total. The average molecular weight is 255 g/mol. The molecule has 0 radical (unpaired) electrons. The van der Waals surface area contributed by atoms with Gasteiger partial charge in [0.25, 0.3) is 0 Å². The van der Waals surface area contributed by atoms with Crippen molar-refractivity contribution in [3.05, 3.63) is 0 Å². The van der Waals surface area contributed by atoms with Crippen molar-refractivity contribution in [2.45, 2.75) is 66.8 Å². The van der Waals surface area contributed by atoms with E-state index >= 15 is 0 Å². The summed E-state index contributed by atoms with van der Waals surface area (Å²) in [5.74, 6) is 0.637. The van der Waals surface area contributed by atoms with Gasteiger partial charge in [0.05, 0.1) is 6.61 Å². The number of nitrogens with one attached hydrogen (secondary N) is 1. The van der Waals surface area contributed by atoms with E-state index in [4.69, 9.17) is 4.74 Å². The van der Waals surface area contributed by atoms with Crippen molar-refractivity contribution < 1.29 is 4.74 Å². The Morgan fingerprint density at radius 1 is 1.11 bits per heavy atom. The number of hydrogen-bond acceptors (Lipinski definition) is 2. The Kier molecular flexibility index (Phi) is 5.67. The minimum absolute atomic E-state index is 0.470. The van der Waals surface area contributed by atoms with Crippen molar-refractivity contribution in [3.63, 3.8) is 0 Å². The molecule has 1 aliphatic rings. The zero-order valence-corrected chi connectivity index (χ0v) is 13.3. The highest BCUT2D eigenvalue weighted by molar-refractivity contribution is 4.92. The number of ether oxygens (including phenoxy) is 1. The summed E-state index contributed by atoms with van der Waals surface area (Å²) in [6.45, 7) is 16.7. The molecule has 0 amide bonds. The molecule has 0 heterocycles. The zero-order chi connectivity index (χ0) is 13.8. The van der Waals surface area contributed by atoms with Crippen LogP contribution in [0, 0.1) is 16.7 Å².